The molecule has 2 rings (SSSR count). The summed E-state index contributed by atoms with van der Waals surface area (Å²) in [5.41, 5.74) is 0. The molecule has 0 aliphatic rings. The first-order valence-corrected chi connectivity index (χ1v) is 7.19. The Morgan fingerprint density at radius 2 is 2.20 bits per heavy atom. The quantitative estimate of drug-likeness (QED) is 0.796. The van der Waals surface area contributed by atoms with E-state index in [-0.39, 0.29) is 6.10 Å². The van der Waals surface area contributed by atoms with Gasteiger partial charge in [0.1, 0.15) is 6.33 Å². The fraction of sp³-hybridized carbons (Fsp3) is 0.545. The van der Waals surface area contributed by atoms with Crippen molar-refractivity contribution in [1.29, 1.82) is 0 Å². The van der Waals surface area contributed by atoms with Crippen molar-refractivity contribution in [2.24, 2.45) is 0 Å². The van der Waals surface area contributed by atoms with Crippen LogP contribution in [0.5, 0.6) is 6.01 Å². The van der Waals surface area contributed by atoms with Crippen molar-refractivity contribution in [2.75, 3.05) is 11.9 Å². The van der Waals surface area contributed by atoms with Crippen LogP contribution in [-0.4, -0.2) is 42.8 Å². The lowest BCUT2D eigenvalue weighted by Crippen LogP contribution is -2.12. The molecule has 0 aliphatic heterocycles. The molecule has 0 amide bonds. The molecule has 20 heavy (non-hydrogen) atoms. The van der Waals surface area contributed by atoms with Crippen molar-refractivity contribution in [1.82, 2.24) is 30.1 Å². The highest BCUT2D eigenvalue weighted by atomic mass is 32.2. The monoisotopic (exact) mass is 295 g/mol. The number of H-pyrrole nitrogens is 1. The van der Waals surface area contributed by atoms with E-state index in [4.69, 9.17) is 4.74 Å². The minimum absolute atomic E-state index is 0.000412. The molecule has 0 bridgehead atoms. The van der Waals surface area contributed by atoms with Gasteiger partial charge in [0.2, 0.25) is 11.1 Å². The van der Waals surface area contributed by atoms with Crippen LogP contribution in [0.1, 0.15) is 27.2 Å². The van der Waals surface area contributed by atoms with Gasteiger partial charge in [-0.05, 0) is 32.0 Å². The third-order valence-corrected chi connectivity index (χ3v) is 2.80. The van der Waals surface area contributed by atoms with Crippen molar-refractivity contribution >= 4 is 17.7 Å². The molecule has 0 atom stereocenters. The summed E-state index contributed by atoms with van der Waals surface area (Å²) in [4.78, 5) is 16.8. The Kier molecular flexibility index (Phi) is 5.10. The second-order valence-electron chi connectivity index (χ2n) is 4.21. The van der Waals surface area contributed by atoms with Crippen LogP contribution in [0.4, 0.5) is 5.95 Å². The van der Waals surface area contributed by atoms with Crippen molar-refractivity contribution in [3.8, 4) is 6.01 Å². The predicted molar refractivity (Wildman–Crippen MR) is 74.9 cm³/mol. The number of hydrogen-bond donors (Lipinski definition) is 2. The molecule has 2 heterocycles. The number of nitrogens with one attached hydrogen (secondary N) is 2. The average Bonchev–Trinajstić information content (AvgIpc) is 2.88. The first-order valence-electron chi connectivity index (χ1n) is 6.37. The van der Waals surface area contributed by atoms with Crippen LogP contribution in [0.15, 0.2) is 16.6 Å². The molecule has 0 spiro atoms. The maximum Gasteiger partial charge on any atom is 0.322 e. The van der Waals surface area contributed by atoms with Crippen molar-refractivity contribution < 1.29 is 4.74 Å². The molecule has 0 unspecified atom stereocenters. The summed E-state index contributed by atoms with van der Waals surface area (Å²) in [5, 5.41) is 10.8. The molecule has 0 radical (unpaired) electrons. The fourth-order valence-electron chi connectivity index (χ4n) is 1.29. The molecule has 0 fully saturated rings. The third kappa shape index (κ3) is 4.34. The highest BCUT2D eigenvalue weighted by molar-refractivity contribution is 7.99. The lowest BCUT2D eigenvalue weighted by atomic mass is 10.5. The van der Waals surface area contributed by atoms with Gasteiger partial charge in [-0.25, -0.2) is 4.98 Å². The minimum atomic E-state index is -0.000412. The van der Waals surface area contributed by atoms with Crippen LogP contribution in [0, 0.1) is 0 Å². The van der Waals surface area contributed by atoms with Gasteiger partial charge in [-0.15, -0.1) is 0 Å². The molecule has 9 heteroatoms. The summed E-state index contributed by atoms with van der Waals surface area (Å²) >= 11 is 1.27. The van der Waals surface area contributed by atoms with Gasteiger partial charge in [-0.1, -0.05) is 6.92 Å². The SMILES string of the molecule is CCCNc1nc(OC(C)C)nc(Sc2ncn[nH]2)n1. The second-order valence-corrected chi connectivity index (χ2v) is 5.17. The van der Waals surface area contributed by atoms with E-state index in [1.54, 1.807) is 0 Å². The van der Waals surface area contributed by atoms with E-state index in [0.717, 1.165) is 13.0 Å². The first-order chi connectivity index (χ1) is 9.67. The van der Waals surface area contributed by atoms with E-state index >= 15 is 0 Å². The first kappa shape index (κ1) is 14.5. The highest BCUT2D eigenvalue weighted by Gasteiger charge is 2.11. The maximum atomic E-state index is 5.53. The molecular formula is C11H17N7OS. The normalized spacial score (nSPS) is 10.8. The van der Waals surface area contributed by atoms with Crippen LogP contribution in [0.25, 0.3) is 0 Å². The van der Waals surface area contributed by atoms with E-state index in [1.807, 2.05) is 13.8 Å². The number of rotatable bonds is 7. The molecule has 0 saturated carbocycles. The average molecular weight is 295 g/mol. The van der Waals surface area contributed by atoms with Gasteiger partial charge < -0.3 is 10.1 Å². The Morgan fingerprint density at radius 1 is 1.35 bits per heavy atom. The molecule has 2 aromatic rings. The lowest BCUT2D eigenvalue weighted by Gasteiger charge is -2.10. The zero-order valence-corrected chi connectivity index (χ0v) is 12.4. The van der Waals surface area contributed by atoms with Gasteiger partial charge in [0.05, 0.1) is 6.10 Å². The van der Waals surface area contributed by atoms with Crippen LogP contribution in [0.2, 0.25) is 0 Å². The van der Waals surface area contributed by atoms with Crippen molar-refractivity contribution in [2.45, 2.75) is 43.6 Å². The number of ether oxygens (including phenoxy) is 1. The van der Waals surface area contributed by atoms with E-state index in [0.29, 0.717) is 22.3 Å². The van der Waals surface area contributed by atoms with Gasteiger partial charge in [-0.2, -0.15) is 20.1 Å². The zero-order valence-electron chi connectivity index (χ0n) is 11.6. The second kappa shape index (κ2) is 7.04. The molecule has 0 saturated heterocycles. The Bertz CT molecular complexity index is 532. The molecule has 2 N–H and O–H groups in total. The van der Waals surface area contributed by atoms with Crippen molar-refractivity contribution in [3.05, 3.63) is 6.33 Å². The van der Waals surface area contributed by atoms with E-state index < -0.39 is 0 Å². The lowest BCUT2D eigenvalue weighted by molar-refractivity contribution is 0.219. The van der Waals surface area contributed by atoms with Crippen LogP contribution in [-0.2, 0) is 0 Å². The Labute approximate surface area is 121 Å². The summed E-state index contributed by atoms with van der Waals surface area (Å²) < 4.78 is 5.53. The van der Waals surface area contributed by atoms with Gasteiger partial charge in [-0.3, -0.25) is 5.10 Å². The summed E-state index contributed by atoms with van der Waals surface area (Å²) in [7, 11) is 0. The van der Waals surface area contributed by atoms with Crippen LogP contribution >= 0.6 is 11.8 Å². The van der Waals surface area contributed by atoms with Gasteiger partial charge in [0.25, 0.3) is 0 Å². The Balaban J connectivity index is 2.19. The molecule has 0 aliphatic carbocycles. The summed E-state index contributed by atoms with van der Waals surface area (Å²) in [5.74, 6) is 0.500. The smallest absolute Gasteiger partial charge is 0.322 e. The van der Waals surface area contributed by atoms with E-state index in [9.17, 15) is 0 Å². The summed E-state index contributed by atoms with van der Waals surface area (Å²) in [6.45, 7) is 6.71. The molecule has 2 aromatic heterocycles. The van der Waals surface area contributed by atoms with E-state index in [1.165, 1.54) is 18.1 Å². The van der Waals surface area contributed by atoms with Gasteiger partial charge in [0, 0.05) is 6.54 Å². The predicted octanol–water partition coefficient (Wildman–Crippen LogP) is 1.75. The van der Waals surface area contributed by atoms with Gasteiger partial charge >= 0.3 is 6.01 Å². The molecule has 8 nitrogen and oxygen atoms in total. The number of nitrogens with zero attached hydrogens (tertiary/aromatic N) is 5. The maximum absolute atomic E-state index is 5.53. The van der Waals surface area contributed by atoms with Crippen LogP contribution < -0.4 is 10.1 Å². The number of anilines is 1. The zero-order chi connectivity index (χ0) is 14.4. The van der Waals surface area contributed by atoms with Crippen LogP contribution in [0.3, 0.4) is 0 Å². The number of aromatic nitrogens is 6. The van der Waals surface area contributed by atoms with Crippen molar-refractivity contribution in [3.63, 3.8) is 0 Å². The summed E-state index contributed by atoms with van der Waals surface area (Å²) in [6.07, 6.45) is 2.42. The van der Waals surface area contributed by atoms with E-state index in [2.05, 4.69) is 42.4 Å². The van der Waals surface area contributed by atoms with Gasteiger partial charge in [0.15, 0.2) is 5.16 Å². The Hall–Kier alpha value is -1.90. The highest BCUT2D eigenvalue weighted by Crippen LogP contribution is 2.22. The minimum Gasteiger partial charge on any atom is -0.461 e. The standard InChI is InChI=1S/C11H17N7OS/c1-4-5-12-8-15-9(19-7(2)3)17-11(16-8)20-10-13-6-14-18-10/h6-7H,4-5H2,1-3H3,(H,13,14,18)(H,12,15,16,17). The third-order valence-electron chi connectivity index (χ3n) is 2.05. The topological polar surface area (TPSA) is 102 Å². The Morgan fingerprint density at radius 3 is 2.85 bits per heavy atom. The molecule has 108 valence electrons. The largest absolute Gasteiger partial charge is 0.461 e. The number of aromatic amines is 1. The number of hydrogen-bond acceptors (Lipinski definition) is 8. The fourth-order valence-corrected chi connectivity index (χ4v) is 1.92. The molecule has 0 aromatic carbocycles. The molecular weight excluding hydrogens is 278 g/mol. The summed E-state index contributed by atoms with van der Waals surface area (Å²) in [6, 6.07) is 0.301.